The Kier molecular flexibility index (Phi) is 3.30. The largest absolute Gasteiger partial charge is 0.323 e. The highest BCUT2D eigenvalue weighted by Gasteiger charge is 2.33. The van der Waals surface area contributed by atoms with E-state index in [1.54, 1.807) is 17.9 Å². The monoisotopic (exact) mass is 320 g/mol. The van der Waals surface area contributed by atoms with Crippen molar-refractivity contribution in [2.75, 3.05) is 5.32 Å². The molecule has 120 valence electrons. The van der Waals surface area contributed by atoms with Gasteiger partial charge in [0.15, 0.2) is 5.82 Å². The number of rotatable bonds is 3. The van der Waals surface area contributed by atoms with E-state index in [9.17, 15) is 9.59 Å². The SMILES string of the molecule is CC(C(=O)Nc1n[nH]c2ccccc12)N1Cc2ccccc2C1=O. The van der Waals surface area contributed by atoms with Gasteiger partial charge in [0.2, 0.25) is 5.91 Å². The van der Waals surface area contributed by atoms with Crippen LogP contribution in [0.3, 0.4) is 0 Å². The second kappa shape index (κ2) is 5.49. The average molecular weight is 320 g/mol. The van der Waals surface area contributed by atoms with E-state index in [0.29, 0.717) is 17.9 Å². The number of H-pyrrole nitrogens is 1. The predicted molar refractivity (Wildman–Crippen MR) is 90.5 cm³/mol. The summed E-state index contributed by atoms with van der Waals surface area (Å²) in [5.74, 6) is 0.111. The predicted octanol–water partition coefficient (Wildman–Crippen LogP) is 2.55. The molecule has 1 aliphatic heterocycles. The van der Waals surface area contributed by atoms with Crippen molar-refractivity contribution in [1.82, 2.24) is 15.1 Å². The maximum atomic E-state index is 12.6. The number of aromatic amines is 1. The zero-order valence-electron chi connectivity index (χ0n) is 13.1. The van der Waals surface area contributed by atoms with Crippen LogP contribution in [0, 0.1) is 0 Å². The molecule has 1 atom stereocenters. The van der Waals surface area contributed by atoms with Gasteiger partial charge in [-0.1, -0.05) is 30.3 Å². The van der Waals surface area contributed by atoms with Crippen LogP contribution < -0.4 is 5.32 Å². The zero-order chi connectivity index (χ0) is 16.7. The lowest BCUT2D eigenvalue weighted by molar-refractivity contribution is -0.120. The van der Waals surface area contributed by atoms with Crippen molar-refractivity contribution in [1.29, 1.82) is 0 Å². The van der Waals surface area contributed by atoms with Crippen LogP contribution in [-0.4, -0.2) is 33.0 Å². The average Bonchev–Trinajstić information content (AvgIpc) is 3.16. The fraction of sp³-hybridized carbons (Fsp3) is 0.167. The number of hydrogen-bond donors (Lipinski definition) is 2. The minimum atomic E-state index is -0.583. The number of amides is 2. The van der Waals surface area contributed by atoms with Gasteiger partial charge < -0.3 is 10.2 Å². The molecule has 0 radical (unpaired) electrons. The summed E-state index contributed by atoms with van der Waals surface area (Å²) in [7, 11) is 0. The van der Waals surface area contributed by atoms with Crippen molar-refractivity contribution in [2.45, 2.75) is 19.5 Å². The number of benzene rings is 2. The molecule has 2 amide bonds. The van der Waals surface area contributed by atoms with Crippen molar-refractivity contribution >= 4 is 28.5 Å². The summed E-state index contributed by atoms with van der Waals surface area (Å²) in [6.45, 7) is 2.18. The third kappa shape index (κ3) is 2.23. The molecule has 2 heterocycles. The summed E-state index contributed by atoms with van der Waals surface area (Å²) in [4.78, 5) is 26.6. The highest BCUT2D eigenvalue weighted by Crippen LogP contribution is 2.25. The van der Waals surface area contributed by atoms with E-state index < -0.39 is 6.04 Å². The van der Waals surface area contributed by atoms with Gasteiger partial charge in [-0.3, -0.25) is 14.7 Å². The zero-order valence-corrected chi connectivity index (χ0v) is 13.1. The van der Waals surface area contributed by atoms with Crippen LogP contribution in [0.25, 0.3) is 10.9 Å². The molecular formula is C18H16N4O2. The van der Waals surface area contributed by atoms with Gasteiger partial charge in [0.1, 0.15) is 6.04 Å². The van der Waals surface area contributed by atoms with Gasteiger partial charge in [0, 0.05) is 17.5 Å². The van der Waals surface area contributed by atoms with E-state index in [1.807, 2.05) is 42.5 Å². The van der Waals surface area contributed by atoms with Crippen LogP contribution in [-0.2, 0) is 11.3 Å². The first-order valence-electron chi connectivity index (χ1n) is 7.78. The number of nitrogens with one attached hydrogen (secondary N) is 2. The number of carbonyl (C=O) groups excluding carboxylic acids is 2. The smallest absolute Gasteiger partial charge is 0.255 e. The molecule has 1 unspecified atom stereocenters. The molecular weight excluding hydrogens is 304 g/mol. The topological polar surface area (TPSA) is 78.1 Å². The molecule has 1 aliphatic rings. The molecule has 0 aliphatic carbocycles. The summed E-state index contributed by atoms with van der Waals surface area (Å²) in [6.07, 6.45) is 0. The molecule has 6 nitrogen and oxygen atoms in total. The molecule has 0 saturated heterocycles. The molecule has 3 aromatic rings. The Balaban J connectivity index is 1.54. The lowest BCUT2D eigenvalue weighted by Gasteiger charge is -2.23. The Morgan fingerprint density at radius 2 is 1.96 bits per heavy atom. The summed E-state index contributed by atoms with van der Waals surface area (Å²) in [5, 5.41) is 10.7. The summed E-state index contributed by atoms with van der Waals surface area (Å²) in [5.41, 5.74) is 2.47. The number of carbonyl (C=O) groups is 2. The minimum Gasteiger partial charge on any atom is -0.323 e. The van der Waals surface area contributed by atoms with E-state index >= 15 is 0 Å². The Morgan fingerprint density at radius 1 is 1.21 bits per heavy atom. The van der Waals surface area contributed by atoms with E-state index in [4.69, 9.17) is 0 Å². The summed E-state index contributed by atoms with van der Waals surface area (Å²) in [6, 6.07) is 14.4. The molecule has 6 heteroatoms. The van der Waals surface area contributed by atoms with Crippen LogP contribution in [0.1, 0.15) is 22.8 Å². The maximum Gasteiger partial charge on any atom is 0.255 e. The van der Waals surface area contributed by atoms with Gasteiger partial charge in [0.25, 0.3) is 5.91 Å². The molecule has 1 aromatic heterocycles. The van der Waals surface area contributed by atoms with Crippen LogP contribution in [0.2, 0.25) is 0 Å². The lowest BCUT2D eigenvalue weighted by atomic mass is 10.1. The molecule has 24 heavy (non-hydrogen) atoms. The highest BCUT2D eigenvalue weighted by molar-refractivity contribution is 6.05. The van der Waals surface area contributed by atoms with Crippen LogP contribution in [0.4, 0.5) is 5.82 Å². The number of para-hydroxylation sites is 1. The first kappa shape index (κ1) is 14.4. The first-order chi connectivity index (χ1) is 11.6. The normalized spacial score (nSPS) is 14.7. The van der Waals surface area contributed by atoms with Crippen molar-refractivity contribution < 1.29 is 9.59 Å². The number of fused-ring (bicyclic) bond motifs is 2. The minimum absolute atomic E-state index is 0.111. The fourth-order valence-corrected chi connectivity index (χ4v) is 3.01. The van der Waals surface area contributed by atoms with Gasteiger partial charge in [0.05, 0.1) is 5.52 Å². The molecule has 2 aromatic carbocycles. The fourth-order valence-electron chi connectivity index (χ4n) is 3.01. The number of nitrogens with zero attached hydrogens (tertiary/aromatic N) is 2. The maximum absolute atomic E-state index is 12.6. The van der Waals surface area contributed by atoms with Gasteiger partial charge in [-0.05, 0) is 30.7 Å². The van der Waals surface area contributed by atoms with Gasteiger partial charge >= 0.3 is 0 Å². The van der Waals surface area contributed by atoms with E-state index in [2.05, 4.69) is 15.5 Å². The Morgan fingerprint density at radius 3 is 2.79 bits per heavy atom. The third-order valence-corrected chi connectivity index (χ3v) is 4.41. The number of hydrogen-bond acceptors (Lipinski definition) is 3. The van der Waals surface area contributed by atoms with Gasteiger partial charge in [-0.25, -0.2) is 0 Å². The second-order valence-electron chi connectivity index (χ2n) is 5.87. The van der Waals surface area contributed by atoms with E-state index in [1.165, 1.54) is 0 Å². The number of anilines is 1. The van der Waals surface area contributed by atoms with Gasteiger partial charge in [-0.15, -0.1) is 0 Å². The Bertz CT molecular complexity index is 947. The Labute approximate surface area is 138 Å². The molecule has 2 N–H and O–H groups in total. The van der Waals surface area contributed by atoms with E-state index in [-0.39, 0.29) is 11.8 Å². The molecule has 0 saturated carbocycles. The van der Waals surface area contributed by atoms with Crippen molar-refractivity contribution in [3.05, 3.63) is 59.7 Å². The molecule has 4 rings (SSSR count). The third-order valence-electron chi connectivity index (χ3n) is 4.41. The standard InChI is InChI=1S/C18H16N4O2/c1-11(22-10-12-6-2-3-7-13(12)18(22)24)17(23)19-16-14-8-4-5-9-15(14)20-21-16/h2-9,11H,10H2,1H3,(H2,19,20,21,23). The first-order valence-corrected chi connectivity index (χ1v) is 7.78. The summed E-state index contributed by atoms with van der Waals surface area (Å²) >= 11 is 0. The summed E-state index contributed by atoms with van der Waals surface area (Å²) < 4.78 is 0. The quantitative estimate of drug-likeness (QED) is 0.778. The lowest BCUT2D eigenvalue weighted by Crippen LogP contribution is -2.42. The van der Waals surface area contributed by atoms with Crippen LogP contribution in [0.15, 0.2) is 48.5 Å². The highest BCUT2D eigenvalue weighted by atomic mass is 16.2. The van der Waals surface area contributed by atoms with Crippen molar-refractivity contribution in [3.8, 4) is 0 Å². The Hall–Kier alpha value is -3.15. The van der Waals surface area contributed by atoms with Gasteiger partial charge in [-0.2, -0.15) is 5.10 Å². The number of aromatic nitrogens is 2. The molecule has 0 spiro atoms. The van der Waals surface area contributed by atoms with E-state index in [0.717, 1.165) is 16.5 Å². The molecule has 0 bridgehead atoms. The molecule has 0 fully saturated rings. The second-order valence-corrected chi connectivity index (χ2v) is 5.87. The van der Waals surface area contributed by atoms with Crippen LogP contribution in [0.5, 0.6) is 0 Å². The van der Waals surface area contributed by atoms with Crippen molar-refractivity contribution in [3.63, 3.8) is 0 Å². The van der Waals surface area contributed by atoms with Crippen LogP contribution >= 0.6 is 0 Å². The van der Waals surface area contributed by atoms with Crippen molar-refractivity contribution in [2.24, 2.45) is 0 Å².